The lowest BCUT2D eigenvalue weighted by atomic mass is 10.1. The van der Waals surface area contributed by atoms with Gasteiger partial charge in [0, 0.05) is 34.3 Å². The molecule has 0 fully saturated rings. The normalized spacial score (nSPS) is 11.3. The van der Waals surface area contributed by atoms with E-state index in [0.717, 1.165) is 11.3 Å². The van der Waals surface area contributed by atoms with Gasteiger partial charge in [0.15, 0.2) is 17.0 Å². The van der Waals surface area contributed by atoms with E-state index in [1.165, 1.54) is 24.4 Å². The Morgan fingerprint density at radius 2 is 2.07 bits per heavy atom. The summed E-state index contributed by atoms with van der Waals surface area (Å²) in [6.45, 7) is -1.69. The molecule has 0 unspecified atom stereocenters. The van der Waals surface area contributed by atoms with E-state index in [9.17, 15) is 18.4 Å². The van der Waals surface area contributed by atoms with Crippen LogP contribution in [0.2, 0.25) is 0 Å². The Hall–Kier alpha value is -3.53. The van der Waals surface area contributed by atoms with Gasteiger partial charge in [-0.3, -0.25) is 4.79 Å². The predicted molar refractivity (Wildman–Crippen MR) is 103 cm³/mol. The molecule has 2 aromatic heterocycles. The molecule has 4 aromatic rings. The quantitative estimate of drug-likeness (QED) is 0.475. The fraction of sp³-hybridized carbons (Fsp3) is 0.105. The number of anilines is 1. The molecule has 0 aliphatic heterocycles. The number of hydrogen-bond donors (Lipinski definition) is 2. The van der Waals surface area contributed by atoms with Crippen LogP contribution in [0.4, 0.5) is 14.5 Å². The number of furan rings is 1. The summed E-state index contributed by atoms with van der Waals surface area (Å²) in [7, 11) is 0. The minimum Gasteiger partial charge on any atom is -0.476 e. The lowest BCUT2D eigenvalue weighted by Gasteiger charge is -2.07. The molecule has 0 bridgehead atoms. The highest BCUT2D eigenvalue weighted by Crippen LogP contribution is 2.43. The van der Waals surface area contributed by atoms with Crippen LogP contribution in [0.3, 0.4) is 0 Å². The van der Waals surface area contributed by atoms with Crippen molar-refractivity contribution < 1.29 is 32.6 Å². The van der Waals surface area contributed by atoms with Crippen LogP contribution in [-0.2, 0) is 4.79 Å². The standard InChI is InChI=1S/C19H12F2N2O5S/c1-8(24)22-9-2-4-13-11(6-9)15-10(17-23-12(7-29-17)18(25)26)3-5-14(16(15)27-13)28-19(20)21/h2-7,19H,1H3,(H,22,24)(H,25,26). The van der Waals surface area contributed by atoms with Crippen molar-refractivity contribution in [1.82, 2.24) is 4.98 Å². The minimum atomic E-state index is -3.05. The van der Waals surface area contributed by atoms with E-state index in [-0.39, 0.29) is 22.9 Å². The van der Waals surface area contributed by atoms with Crippen LogP contribution in [0.15, 0.2) is 40.1 Å². The number of fused-ring (bicyclic) bond motifs is 3. The average molecular weight is 418 g/mol. The molecular formula is C19H12F2N2O5S. The molecule has 4 rings (SSSR count). The van der Waals surface area contributed by atoms with Gasteiger partial charge in [0.2, 0.25) is 5.91 Å². The van der Waals surface area contributed by atoms with Gasteiger partial charge < -0.3 is 19.6 Å². The van der Waals surface area contributed by atoms with Crippen LogP contribution >= 0.6 is 11.3 Å². The van der Waals surface area contributed by atoms with Crippen LogP contribution in [-0.4, -0.2) is 28.6 Å². The summed E-state index contributed by atoms with van der Waals surface area (Å²) < 4.78 is 36.0. The Morgan fingerprint density at radius 3 is 2.72 bits per heavy atom. The maximum atomic E-state index is 12.8. The van der Waals surface area contributed by atoms with Crippen LogP contribution in [0.25, 0.3) is 32.5 Å². The Balaban J connectivity index is 2.01. The van der Waals surface area contributed by atoms with E-state index in [2.05, 4.69) is 15.0 Å². The molecule has 0 aliphatic rings. The number of nitrogens with zero attached hydrogens (tertiary/aromatic N) is 1. The fourth-order valence-electron chi connectivity index (χ4n) is 3.00. The number of carbonyl (C=O) groups excluding carboxylic acids is 1. The molecule has 0 saturated carbocycles. The highest BCUT2D eigenvalue weighted by Gasteiger charge is 2.21. The van der Waals surface area contributed by atoms with Crippen molar-refractivity contribution in [3.63, 3.8) is 0 Å². The monoisotopic (exact) mass is 418 g/mol. The summed E-state index contributed by atoms with van der Waals surface area (Å²) in [5, 5.41) is 14.5. The fourth-order valence-corrected chi connectivity index (χ4v) is 3.83. The first-order valence-electron chi connectivity index (χ1n) is 8.24. The summed E-state index contributed by atoms with van der Waals surface area (Å²) in [4.78, 5) is 26.7. The third-order valence-corrected chi connectivity index (χ3v) is 4.95. The SMILES string of the molecule is CC(=O)Nc1ccc2oc3c(OC(F)F)ccc(-c4nc(C(=O)O)cs4)c3c2c1. The van der Waals surface area contributed by atoms with E-state index in [4.69, 9.17) is 9.52 Å². The van der Waals surface area contributed by atoms with Crippen molar-refractivity contribution in [3.05, 3.63) is 41.4 Å². The molecule has 2 N–H and O–H groups in total. The Labute approximate surface area is 165 Å². The topological polar surface area (TPSA) is 102 Å². The number of carboxylic acids is 1. The van der Waals surface area contributed by atoms with E-state index >= 15 is 0 Å². The third-order valence-electron chi connectivity index (χ3n) is 4.07. The maximum Gasteiger partial charge on any atom is 0.387 e. The molecule has 10 heteroatoms. The number of alkyl halides is 2. The molecule has 2 heterocycles. The second-order valence-electron chi connectivity index (χ2n) is 6.03. The highest BCUT2D eigenvalue weighted by molar-refractivity contribution is 7.13. The zero-order valence-electron chi connectivity index (χ0n) is 14.7. The van der Waals surface area contributed by atoms with E-state index in [1.54, 1.807) is 18.2 Å². The number of thiazole rings is 1. The molecule has 0 radical (unpaired) electrons. The number of carbonyl (C=O) groups is 2. The lowest BCUT2D eigenvalue weighted by Crippen LogP contribution is -2.05. The molecule has 0 atom stereocenters. The molecule has 2 aromatic carbocycles. The number of halogens is 2. The summed E-state index contributed by atoms with van der Waals surface area (Å²) in [5.41, 5.74) is 1.32. The number of amides is 1. The van der Waals surface area contributed by atoms with Gasteiger partial charge in [-0.2, -0.15) is 8.78 Å². The Morgan fingerprint density at radius 1 is 1.28 bits per heavy atom. The Kier molecular flexibility index (Phi) is 4.63. The number of benzene rings is 2. The zero-order valence-corrected chi connectivity index (χ0v) is 15.5. The number of aromatic carboxylic acids is 1. The van der Waals surface area contributed by atoms with Gasteiger partial charge in [-0.25, -0.2) is 9.78 Å². The molecular weight excluding hydrogens is 406 g/mol. The molecule has 0 aliphatic carbocycles. The number of ether oxygens (including phenoxy) is 1. The van der Waals surface area contributed by atoms with Crippen LogP contribution in [0.5, 0.6) is 5.75 Å². The highest BCUT2D eigenvalue weighted by atomic mass is 32.1. The summed E-state index contributed by atoms with van der Waals surface area (Å²) in [6, 6.07) is 7.70. The summed E-state index contributed by atoms with van der Waals surface area (Å²) >= 11 is 1.10. The molecule has 29 heavy (non-hydrogen) atoms. The lowest BCUT2D eigenvalue weighted by molar-refractivity contribution is -0.114. The van der Waals surface area contributed by atoms with Gasteiger partial charge in [-0.05, 0) is 30.3 Å². The van der Waals surface area contributed by atoms with Crippen molar-refractivity contribution in [2.45, 2.75) is 13.5 Å². The van der Waals surface area contributed by atoms with E-state index in [1.807, 2.05) is 0 Å². The maximum absolute atomic E-state index is 12.8. The van der Waals surface area contributed by atoms with Crippen molar-refractivity contribution in [1.29, 1.82) is 0 Å². The molecule has 1 amide bonds. The van der Waals surface area contributed by atoms with Gasteiger partial charge in [-0.15, -0.1) is 11.3 Å². The predicted octanol–water partition coefficient (Wildman–Crippen LogP) is 4.97. The van der Waals surface area contributed by atoms with Gasteiger partial charge in [0.05, 0.1) is 0 Å². The third kappa shape index (κ3) is 3.49. The largest absolute Gasteiger partial charge is 0.476 e. The second-order valence-corrected chi connectivity index (χ2v) is 6.89. The second kappa shape index (κ2) is 7.13. The van der Waals surface area contributed by atoms with Crippen molar-refractivity contribution in [2.75, 3.05) is 5.32 Å². The first kappa shape index (κ1) is 18.8. The summed E-state index contributed by atoms with van der Waals surface area (Å²) in [5.74, 6) is -1.61. The molecule has 148 valence electrons. The molecule has 0 spiro atoms. The van der Waals surface area contributed by atoms with Crippen LogP contribution in [0.1, 0.15) is 17.4 Å². The number of hydrogen-bond acceptors (Lipinski definition) is 6. The van der Waals surface area contributed by atoms with E-state index in [0.29, 0.717) is 32.6 Å². The minimum absolute atomic E-state index is 0.0739. The van der Waals surface area contributed by atoms with Crippen molar-refractivity contribution in [3.8, 4) is 16.3 Å². The van der Waals surface area contributed by atoms with Crippen molar-refractivity contribution >= 4 is 50.8 Å². The van der Waals surface area contributed by atoms with Gasteiger partial charge >= 0.3 is 12.6 Å². The van der Waals surface area contributed by atoms with Gasteiger partial charge in [0.1, 0.15) is 10.6 Å². The number of aromatic nitrogens is 1. The molecule has 0 saturated heterocycles. The number of rotatable bonds is 5. The smallest absolute Gasteiger partial charge is 0.387 e. The average Bonchev–Trinajstić information content (AvgIpc) is 3.26. The number of nitrogens with one attached hydrogen (secondary N) is 1. The molecule has 7 nitrogen and oxygen atoms in total. The van der Waals surface area contributed by atoms with Crippen molar-refractivity contribution in [2.24, 2.45) is 0 Å². The summed E-state index contributed by atoms with van der Waals surface area (Å²) in [6.07, 6.45) is 0. The number of carboxylic acid groups (broad SMARTS) is 1. The van der Waals surface area contributed by atoms with Crippen LogP contribution < -0.4 is 10.1 Å². The van der Waals surface area contributed by atoms with Gasteiger partial charge in [0.25, 0.3) is 0 Å². The van der Waals surface area contributed by atoms with E-state index < -0.39 is 12.6 Å². The Bertz CT molecular complexity index is 1260. The van der Waals surface area contributed by atoms with Gasteiger partial charge in [-0.1, -0.05) is 0 Å². The zero-order chi connectivity index (χ0) is 20.7. The first-order chi connectivity index (χ1) is 13.8. The first-order valence-corrected chi connectivity index (χ1v) is 9.12. The van der Waals surface area contributed by atoms with Crippen LogP contribution in [0, 0.1) is 0 Å².